The van der Waals surface area contributed by atoms with Crippen LogP contribution in [0.4, 0.5) is 0 Å². The molecule has 0 saturated heterocycles. The fourth-order valence-corrected chi connectivity index (χ4v) is 5.35. The first-order chi connectivity index (χ1) is 24.3. The van der Waals surface area contributed by atoms with Crippen LogP contribution in [0, 0.1) is 13.3 Å². The molecular weight excluding hydrogens is 758 g/mol. The predicted octanol–water partition coefficient (Wildman–Crippen LogP) is 9.88. The molecular formula is C41H38Cl2N4O2Pd-2. The molecule has 2 aliphatic rings. The van der Waals surface area contributed by atoms with Gasteiger partial charge in [0.25, 0.3) is 0 Å². The minimum atomic E-state index is -0.106. The van der Waals surface area contributed by atoms with Gasteiger partial charge in [0.05, 0.1) is 0 Å². The zero-order valence-electron chi connectivity index (χ0n) is 27.8. The van der Waals surface area contributed by atoms with Crippen molar-refractivity contribution in [3.05, 3.63) is 180 Å². The van der Waals surface area contributed by atoms with Crippen LogP contribution in [-0.4, -0.2) is 37.8 Å². The van der Waals surface area contributed by atoms with E-state index in [1.807, 2.05) is 48.5 Å². The third-order valence-corrected chi connectivity index (χ3v) is 8.08. The molecule has 2 aliphatic heterocycles. The molecule has 0 unspecified atom stereocenters. The number of benzene rings is 4. The first kappa shape index (κ1) is 36.9. The molecule has 0 aliphatic carbocycles. The molecule has 0 radical (unpaired) electrons. The van der Waals surface area contributed by atoms with E-state index in [9.17, 15) is 9.59 Å². The molecule has 0 spiro atoms. The fraction of sp³-hybridized carbons (Fsp3) is 0.122. The normalized spacial score (nSPS) is 13.9. The Morgan fingerprint density at radius 2 is 0.800 bits per heavy atom. The van der Waals surface area contributed by atoms with Crippen molar-refractivity contribution in [3.8, 4) is 0 Å². The van der Waals surface area contributed by atoms with Crippen molar-refractivity contribution < 1.29 is 25.5 Å². The van der Waals surface area contributed by atoms with Gasteiger partial charge in [0.15, 0.2) is 11.6 Å². The van der Waals surface area contributed by atoms with Crippen molar-refractivity contribution in [2.24, 2.45) is 0 Å². The zero-order chi connectivity index (χ0) is 35.3. The molecule has 6 rings (SSSR count). The summed E-state index contributed by atoms with van der Waals surface area (Å²) < 4.78 is 0. The Morgan fingerprint density at radius 3 is 1.10 bits per heavy atom. The average molecular weight is 796 g/mol. The number of nitrogens with zero attached hydrogens (tertiary/aromatic N) is 4. The summed E-state index contributed by atoms with van der Waals surface area (Å²) in [6, 6.07) is 32.5. The maximum atomic E-state index is 11.5. The number of carbonyl (C=O) groups excluding carboxylic acids is 2. The van der Waals surface area contributed by atoms with Crippen molar-refractivity contribution in [2.75, 3.05) is 6.67 Å². The number of Topliss-reactive ketones (excluding diaryl/α,β-unsaturated/α-hetero) is 2. The van der Waals surface area contributed by atoms with Gasteiger partial charge in [-0.05, 0) is 72.0 Å². The Morgan fingerprint density at radius 1 is 0.520 bits per heavy atom. The van der Waals surface area contributed by atoms with Crippen LogP contribution in [0.5, 0.6) is 0 Å². The van der Waals surface area contributed by atoms with Gasteiger partial charge >= 0.3 is 35.0 Å². The molecule has 0 aromatic heterocycles. The van der Waals surface area contributed by atoms with Gasteiger partial charge < -0.3 is 19.6 Å². The second kappa shape index (κ2) is 18.6. The summed E-state index contributed by atoms with van der Waals surface area (Å²) >= 11 is -0.106. The molecule has 9 heteroatoms. The number of halogens is 2. The number of rotatable bonds is 12. The third kappa shape index (κ3) is 11.3. The van der Waals surface area contributed by atoms with Gasteiger partial charge in [-0.15, -0.1) is 0 Å². The molecule has 0 atom stereocenters. The van der Waals surface area contributed by atoms with Crippen LogP contribution in [0.3, 0.4) is 0 Å². The summed E-state index contributed by atoms with van der Waals surface area (Å²) in [7, 11) is 9.63. The Hall–Kier alpha value is -4.38. The van der Waals surface area contributed by atoms with Gasteiger partial charge in [0.1, 0.15) is 0 Å². The predicted molar refractivity (Wildman–Crippen MR) is 202 cm³/mol. The Bertz CT molecular complexity index is 1700. The first-order valence-electron chi connectivity index (χ1n) is 16.0. The van der Waals surface area contributed by atoms with Crippen LogP contribution in [0.25, 0.3) is 24.3 Å². The van der Waals surface area contributed by atoms with E-state index in [2.05, 4.69) is 131 Å². The summed E-state index contributed by atoms with van der Waals surface area (Å²) in [6.45, 7) is 9.76. The van der Waals surface area contributed by atoms with Crippen LogP contribution in [-0.2, 0) is 29.0 Å². The van der Waals surface area contributed by atoms with E-state index < -0.39 is 0 Å². The SMILES string of the molecule is CC(=O)c1ccc(/C=C/c2ccc(CN3C=CN(CN4C=CN(Cc5ccc(/C=C/c6ccc(C(C)=O)cc6)cc5)[CH-]4)[CH-]3)cc2)cc1.[Cl][Pd][Cl]. The zero-order valence-corrected chi connectivity index (χ0v) is 30.9. The Kier molecular flexibility index (Phi) is 13.7. The maximum absolute atomic E-state index is 11.5. The molecule has 50 heavy (non-hydrogen) atoms. The van der Waals surface area contributed by atoms with E-state index in [1.165, 1.54) is 11.1 Å². The quantitative estimate of drug-likeness (QED) is 0.0616. The monoisotopic (exact) mass is 794 g/mol. The summed E-state index contributed by atoms with van der Waals surface area (Å²) in [5, 5.41) is 0. The van der Waals surface area contributed by atoms with Crippen LogP contribution in [0.1, 0.15) is 67.9 Å². The molecule has 0 fully saturated rings. The molecule has 4 aromatic carbocycles. The first-order valence-corrected chi connectivity index (χ1v) is 20.0. The van der Waals surface area contributed by atoms with Crippen LogP contribution in [0.15, 0.2) is 122 Å². The van der Waals surface area contributed by atoms with Crippen molar-refractivity contribution in [3.63, 3.8) is 0 Å². The summed E-state index contributed by atoms with van der Waals surface area (Å²) in [6.07, 6.45) is 16.7. The van der Waals surface area contributed by atoms with Crippen molar-refractivity contribution >= 4 is 54.9 Å². The standard InChI is InChI=1S/C41H38N4O2.2ClH.Pd/c1-32(46)40-19-15-36(16-20-40)5-3-34-7-11-38(12-8-34)27-42-23-25-44(29-42)31-45-26-24-43(30-45)28-39-13-9-35(10-14-39)4-6-37-17-21-41(22-18-37)33(2)47;;;/h3-26,29-30H,27-28,31H2,1-2H3;2*1H;/q-2;;;+2/p-2/b5-3+,6-4+;;;. The van der Waals surface area contributed by atoms with Crippen LogP contribution < -0.4 is 0 Å². The van der Waals surface area contributed by atoms with Crippen molar-refractivity contribution in [1.29, 1.82) is 0 Å². The number of carbonyl (C=O) groups is 2. The molecule has 0 amide bonds. The van der Waals surface area contributed by atoms with Gasteiger partial charge in [0, 0.05) is 30.9 Å². The second-order valence-electron chi connectivity index (χ2n) is 11.9. The number of hydrogen-bond acceptors (Lipinski definition) is 6. The molecule has 0 saturated carbocycles. The van der Waals surface area contributed by atoms with E-state index in [0.29, 0.717) is 0 Å². The number of ketones is 2. The van der Waals surface area contributed by atoms with Gasteiger partial charge in [-0.3, -0.25) is 9.59 Å². The fourth-order valence-electron chi connectivity index (χ4n) is 5.35. The van der Waals surface area contributed by atoms with Gasteiger partial charge in [-0.2, -0.15) is 13.3 Å². The minimum absolute atomic E-state index is 0.0813. The van der Waals surface area contributed by atoms with Crippen LogP contribution >= 0.6 is 19.1 Å². The number of hydrogen-bond donors (Lipinski definition) is 0. The topological polar surface area (TPSA) is 47.1 Å². The van der Waals surface area contributed by atoms with Crippen LogP contribution in [0.2, 0.25) is 0 Å². The van der Waals surface area contributed by atoms with Crippen molar-refractivity contribution in [2.45, 2.75) is 26.9 Å². The van der Waals surface area contributed by atoms with E-state index in [4.69, 9.17) is 19.1 Å². The second-order valence-corrected chi connectivity index (χ2v) is 14.3. The summed E-state index contributed by atoms with van der Waals surface area (Å²) in [5.41, 5.74) is 8.34. The molecule has 6 nitrogen and oxygen atoms in total. The van der Waals surface area contributed by atoms with E-state index in [1.54, 1.807) is 13.8 Å². The molecule has 0 bridgehead atoms. The molecule has 2 heterocycles. The van der Waals surface area contributed by atoms with Gasteiger partial charge in [-0.1, -0.05) is 121 Å². The molecule has 4 aromatic rings. The van der Waals surface area contributed by atoms with Crippen molar-refractivity contribution in [1.82, 2.24) is 19.6 Å². The Balaban J connectivity index is 0.00000156. The third-order valence-electron chi connectivity index (χ3n) is 8.08. The average Bonchev–Trinajstić information content (AvgIpc) is 3.77. The Labute approximate surface area is 311 Å². The molecule has 260 valence electrons. The van der Waals surface area contributed by atoms with E-state index in [-0.39, 0.29) is 27.5 Å². The summed E-state index contributed by atoms with van der Waals surface area (Å²) in [5.74, 6) is 0.163. The van der Waals surface area contributed by atoms with E-state index >= 15 is 0 Å². The van der Waals surface area contributed by atoms with E-state index in [0.717, 1.165) is 53.1 Å². The van der Waals surface area contributed by atoms with Gasteiger partial charge in [0.2, 0.25) is 0 Å². The summed E-state index contributed by atoms with van der Waals surface area (Å²) in [4.78, 5) is 31.7. The van der Waals surface area contributed by atoms with Gasteiger partial charge in [-0.25, -0.2) is 0 Å². The molecule has 0 N–H and O–H groups in total.